The Morgan fingerprint density at radius 3 is 2.50 bits per heavy atom. The first-order valence-electron chi connectivity index (χ1n) is 7.30. The molecule has 1 heterocycles. The number of fused-ring (bicyclic) bond motifs is 1. The summed E-state index contributed by atoms with van der Waals surface area (Å²) in [6.07, 6.45) is 1.09. The van der Waals surface area contributed by atoms with E-state index < -0.39 is 0 Å². The molecule has 0 saturated carbocycles. The average molecular weight is 291 g/mol. The molecule has 0 unspecified atom stereocenters. The molecule has 0 saturated heterocycles. The molecule has 0 amide bonds. The summed E-state index contributed by atoms with van der Waals surface area (Å²) in [5, 5.41) is 8.53. The third kappa shape index (κ3) is 2.98. The van der Waals surface area contributed by atoms with E-state index in [9.17, 15) is 4.79 Å². The highest BCUT2D eigenvalue weighted by Crippen LogP contribution is 2.20. The lowest BCUT2D eigenvalue weighted by Gasteiger charge is -2.02. The Morgan fingerprint density at radius 2 is 1.82 bits per heavy atom. The zero-order valence-electron chi connectivity index (χ0n) is 12.4. The van der Waals surface area contributed by atoms with Gasteiger partial charge in [0.25, 0.3) is 0 Å². The van der Waals surface area contributed by atoms with Gasteiger partial charge in [0, 0.05) is 17.5 Å². The highest BCUT2D eigenvalue weighted by atomic mass is 16.3. The zero-order chi connectivity index (χ0) is 15.5. The van der Waals surface area contributed by atoms with E-state index in [1.165, 1.54) is 0 Å². The van der Waals surface area contributed by atoms with Gasteiger partial charge in [-0.05, 0) is 36.6 Å². The standard InChI is InChI=1S/C19H17NO2/c1-13(20)15-9-6-14(7-10-15)8-11-17(21)19-12-16-4-2-3-5-18(16)22-19/h2-7,9-10,12,20H,8,11H2,1H3. The number of nitrogens with one attached hydrogen (secondary N) is 1. The van der Waals surface area contributed by atoms with Crippen LogP contribution in [-0.2, 0) is 6.42 Å². The molecule has 1 N–H and O–H groups in total. The number of ketones is 1. The molecule has 0 aliphatic carbocycles. The van der Waals surface area contributed by atoms with E-state index in [0.29, 0.717) is 24.3 Å². The van der Waals surface area contributed by atoms with Crippen molar-refractivity contribution in [1.82, 2.24) is 0 Å². The number of carbonyl (C=O) groups is 1. The van der Waals surface area contributed by atoms with E-state index in [1.807, 2.05) is 48.5 Å². The van der Waals surface area contributed by atoms with Crippen LogP contribution >= 0.6 is 0 Å². The third-order valence-electron chi connectivity index (χ3n) is 3.73. The fourth-order valence-electron chi connectivity index (χ4n) is 2.42. The predicted octanol–water partition coefficient (Wildman–Crippen LogP) is 4.64. The van der Waals surface area contributed by atoms with E-state index in [0.717, 1.165) is 22.1 Å². The fourth-order valence-corrected chi connectivity index (χ4v) is 2.42. The van der Waals surface area contributed by atoms with Gasteiger partial charge in [-0.25, -0.2) is 0 Å². The molecule has 22 heavy (non-hydrogen) atoms. The van der Waals surface area contributed by atoms with Gasteiger partial charge >= 0.3 is 0 Å². The maximum Gasteiger partial charge on any atom is 0.198 e. The first-order valence-corrected chi connectivity index (χ1v) is 7.30. The molecule has 1 aromatic heterocycles. The second-order valence-electron chi connectivity index (χ2n) is 5.39. The maximum absolute atomic E-state index is 12.2. The topological polar surface area (TPSA) is 54.1 Å². The lowest BCUT2D eigenvalue weighted by Crippen LogP contribution is -2.00. The van der Waals surface area contributed by atoms with Crippen LogP contribution in [-0.4, -0.2) is 11.5 Å². The normalized spacial score (nSPS) is 10.8. The molecule has 3 nitrogen and oxygen atoms in total. The fraction of sp³-hybridized carbons (Fsp3) is 0.158. The number of rotatable bonds is 5. The van der Waals surface area contributed by atoms with Gasteiger partial charge in [-0.1, -0.05) is 42.5 Å². The predicted molar refractivity (Wildman–Crippen MR) is 87.8 cm³/mol. The van der Waals surface area contributed by atoms with E-state index in [2.05, 4.69) is 0 Å². The van der Waals surface area contributed by atoms with Crippen LogP contribution in [0.5, 0.6) is 0 Å². The van der Waals surface area contributed by atoms with Gasteiger partial charge in [-0.3, -0.25) is 4.79 Å². The summed E-state index contributed by atoms with van der Waals surface area (Å²) in [5.74, 6) is 0.441. The van der Waals surface area contributed by atoms with Crippen LogP contribution in [0.3, 0.4) is 0 Å². The van der Waals surface area contributed by atoms with Gasteiger partial charge in [0.2, 0.25) is 0 Å². The molecule has 0 atom stereocenters. The number of Topliss-reactive ketones (excluding diaryl/α,β-unsaturated/α-hetero) is 1. The Hall–Kier alpha value is -2.68. The Balaban J connectivity index is 1.67. The van der Waals surface area contributed by atoms with E-state index in [-0.39, 0.29) is 5.78 Å². The first-order chi connectivity index (χ1) is 10.6. The number of carbonyl (C=O) groups excluding carboxylic acids is 1. The van der Waals surface area contributed by atoms with Gasteiger partial charge in [-0.2, -0.15) is 0 Å². The van der Waals surface area contributed by atoms with E-state index in [1.54, 1.807) is 13.0 Å². The molecule has 0 bridgehead atoms. The summed E-state index contributed by atoms with van der Waals surface area (Å²) in [6, 6.07) is 17.2. The van der Waals surface area contributed by atoms with Crippen LogP contribution < -0.4 is 0 Å². The Labute approximate surface area is 129 Å². The lowest BCUT2D eigenvalue weighted by atomic mass is 10.0. The van der Waals surface area contributed by atoms with Crippen LogP contribution in [0.2, 0.25) is 0 Å². The maximum atomic E-state index is 12.2. The molecule has 110 valence electrons. The summed E-state index contributed by atoms with van der Waals surface area (Å²) in [4.78, 5) is 12.2. The number of benzene rings is 2. The number of hydrogen-bond acceptors (Lipinski definition) is 3. The van der Waals surface area contributed by atoms with Crippen molar-refractivity contribution in [2.24, 2.45) is 0 Å². The van der Waals surface area contributed by atoms with Gasteiger partial charge in [-0.15, -0.1) is 0 Å². The van der Waals surface area contributed by atoms with E-state index in [4.69, 9.17) is 9.83 Å². The molecule has 3 heteroatoms. The number of para-hydroxylation sites is 1. The van der Waals surface area contributed by atoms with Crippen LogP contribution in [0, 0.1) is 5.41 Å². The number of aryl methyl sites for hydroxylation is 1. The van der Waals surface area contributed by atoms with E-state index >= 15 is 0 Å². The van der Waals surface area contributed by atoms with Crippen LogP contribution in [0.1, 0.15) is 35.0 Å². The van der Waals surface area contributed by atoms with Crippen molar-refractivity contribution < 1.29 is 9.21 Å². The van der Waals surface area contributed by atoms with Gasteiger partial charge < -0.3 is 9.83 Å². The Morgan fingerprint density at radius 1 is 1.09 bits per heavy atom. The minimum atomic E-state index is 0.0171. The van der Waals surface area contributed by atoms with Crippen molar-refractivity contribution in [2.75, 3.05) is 0 Å². The molecule has 0 aliphatic heterocycles. The number of hydrogen-bond donors (Lipinski definition) is 1. The Bertz CT molecular complexity index is 795. The van der Waals surface area contributed by atoms with Crippen molar-refractivity contribution >= 4 is 22.5 Å². The average Bonchev–Trinajstić information content (AvgIpc) is 2.97. The van der Waals surface area contributed by atoms with Crippen molar-refractivity contribution in [3.05, 3.63) is 71.5 Å². The summed E-state index contributed by atoms with van der Waals surface area (Å²) in [5.41, 5.74) is 3.29. The number of furan rings is 1. The molecular formula is C19H17NO2. The minimum absolute atomic E-state index is 0.0171. The highest BCUT2D eigenvalue weighted by molar-refractivity contribution is 5.98. The van der Waals surface area contributed by atoms with Crippen molar-refractivity contribution in [2.45, 2.75) is 19.8 Å². The lowest BCUT2D eigenvalue weighted by molar-refractivity contribution is 0.0958. The van der Waals surface area contributed by atoms with Crippen molar-refractivity contribution in [1.29, 1.82) is 5.41 Å². The molecule has 3 rings (SSSR count). The van der Waals surface area contributed by atoms with Crippen molar-refractivity contribution in [3.8, 4) is 0 Å². The summed E-state index contributed by atoms with van der Waals surface area (Å²) in [6.45, 7) is 1.76. The van der Waals surface area contributed by atoms with Gasteiger partial charge in [0.05, 0.1) is 0 Å². The molecule has 0 spiro atoms. The van der Waals surface area contributed by atoms with Gasteiger partial charge in [0.1, 0.15) is 5.58 Å². The first kappa shape index (κ1) is 14.3. The summed E-state index contributed by atoms with van der Waals surface area (Å²) in [7, 11) is 0. The molecule has 3 aromatic rings. The summed E-state index contributed by atoms with van der Waals surface area (Å²) >= 11 is 0. The quantitative estimate of drug-likeness (QED) is 0.550. The van der Waals surface area contributed by atoms with Crippen LogP contribution in [0.25, 0.3) is 11.0 Å². The van der Waals surface area contributed by atoms with Crippen LogP contribution in [0.4, 0.5) is 0 Å². The second-order valence-corrected chi connectivity index (χ2v) is 5.39. The smallest absolute Gasteiger partial charge is 0.198 e. The SMILES string of the molecule is CC(=N)c1ccc(CCC(=O)c2cc3ccccc3o2)cc1. The van der Waals surface area contributed by atoms with Crippen LogP contribution in [0.15, 0.2) is 59.0 Å². The summed E-state index contributed by atoms with van der Waals surface area (Å²) < 4.78 is 5.59. The molecule has 0 fully saturated rings. The molecule has 0 aliphatic rings. The highest BCUT2D eigenvalue weighted by Gasteiger charge is 2.12. The Kier molecular flexibility index (Phi) is 3.88. The monoisotopic (exact) mass is 291 g/mol. The largest absolute Gasteiger partial charge is 0.453 e. The van der Waals surface area contributed by atoms with Gasteiger partial charge in [0.15, 0.2) is 11.5 Å². The third-order valence-corrected chi connectivity index (χ3v) is 3.73. The molecule has 2 aromatic carbocycles. The van der Waals surface area contributed by atoms with Crippen molar-refractivity contribution in [3.63, 3.8) is 0 Å². The minimum Gasteiger partial charge on any atom is -0.453 e. The molecular weight excluding hydrogens is 274 g/mol. The second kappa shape index (κ2) is 5.98. The zero-order valence-corrected chi connectivity index (χ0v) is 12.4. The molecule has 0 radical (unpaired) electrons.